The number of benzene rings is 3. The van der Waals surface area contributed by atoms with Crippen molar-refractivity contribution in [3.05, 3.63) is 125 Å². The van der Waals surface area contributed by atoms with E-state index in [1.807, 2.05) is 19.1 Å². The van der Waals surface area contributed by atoms with Crippen molar-refractivity contribution in [3.63, 3.8) is 0 Å². The molecule has 2 saturated heterocycles. The van der Waals surface area contributed by atoms with Gasteiger partial charge in [0.15, 0.2) is 17.3 Å². The molecule has 4 fully saturated rings. The van der Waals surface area contributed by atoms with Gasteiger partial charge in [-0.15, -0.1) is 0 Å². The van der Waals surface area contributed by atoms with Crippen molar-refractivity contribution in [1.82, 2.24) is 29.5 Å². The smallest absolute Gasteiger partial charge is 0.268 e. The highest BCUT2D eigenvalue weighted by Gasteiger charge is 2.51. The molecule has 6 aromatic rings. The lowest BCUT2D eigenvalue weighted by atomic mass is 9.59. The number of quaternary nitrogens is 1. The predicted molar refractivity (Wildman–Crippen MR) is 303 cm³/mol. The third-order valence-electron chi connectivity index (χ3n) is 17.2. The van der Waals surface area contributed by atoms with E-state index in [9.17, 15) is 23.5 Å². The van der Waals surface area contributed by atoms with Gasteiger partial charge in [-0.05, 0) is 130 Å². The van der Waals surface area contributed by atoms with E-state index in [0.717, 1.165) is 88.9 Å². The lowest BCUT2D eigenvalue weighted by molar-refractivity contribution is -0.751. The molecule has 0 radical (unpaired) electrons. The number of piperidine rings is 1. The van der Waals surface area contributed by atoms with Gasteiger partial charge < -0.3 is 44.8 Å². The molecule has 10 rings (SSSR count). The predicted octanol–water partition coefficient (Wildman–Crippen LogP) is 9.23. The number of methoxy groups -OCH3 is 1. The number of aromatic amines is 1. The van der Waals surface area contributed by atoms with Crippen LogP contribution in [0.15, 0.2) is 96.2 Å². The molecular weight excluding hydrogens is 1030 g/mol. The van der Waals surface area contributed by atoms with Crippen LogP contribution in [0, 0.1) is 22.4 Å². The molecule has 2 aliphatic heterocycles. The first-order chi connectivity index (χ1) is 37.8. The number of carbonyl (C=O) groups excluding carboxylic acids is 1. The van der Waals surface area contributed by atoms with Gasteiger partial charge in [0, 0.05) is 87.5 Å². The first-order valence-corrected chi connectivity index (χ1v) is 29.4. The van der Waals surface area contributed by atoms with Crippen LogP contribution >= 0.6 is 0 Å². The Morgan fingerprint density at radius 3 is 2.43 bits per heavy atom. The molecular formula is C60H76FN9O8S. The van der Waals surface area contributed by atoms with E-state index in [1.165, 1.54) is 48.1 Å². The van der Waals surface area contributed by atoms with Gasteiger partial charge in [-0.1, -0.05) is 50.2 Å². The number of sulfonamides is 1. The highest BCUT2D eigenvalue weighted by molar-refractivity contribution is 7.90. The quantitative estimate of drug-likeness (QED) is 0.0510. The van der Waals surface area contributed by atoms with E-state index in [0.29, 0.717) is 37.4 Å². The molecule has 2 saturated carbocycles. The van der Waals surface area contributed by atoms with E-state index in [4.69, 9.17) is 14.2 Å². The van der Waals surface area contributed by atoms with Crippen molar-refractivity contribution in [3.8, 4) is 23.1 Å². The van der Waals surface area contributed by atoms with E-state index >= 15 is 4.39 Å². The van der Waals surface area contributed by atoms with Crippen molar-refractivity contribution in [2.75, 3.05) is 63.7 Å². The molecule has 5 heterocycles. The monoisotopic (exact) mass is 1100 g/mol. The number of hydrogen-bond donors (Lipinski definition) is 5. The van der Waals surface area contributed by atoms with Crippen LogP contribution in [-0.2, 0) is 16.6 Å². The number of halogens is 1. The fourth-order valence-electron chi connectivity index (χ4n) is 12.5. The number of carbonyl (C=O) groups is 1. The fourth-order valence-corrected chi connectivity index (χ4v) is 13.4. The molecule has 1 spiro atoms. The van der Waals surface area contributed by atoms with Crippen LogP contribution < -0.4 is 34.2 Å². The molecule has 422 valence electrons. The van der Waals surface area contributed by atoms with Gasteiger partial charge in [-0.2, -0.15) is 4.98 Å². The van der Waals surface area contributed by atoms with Crippen LogP contribution in [0.2, 0.25) is 0 Å². The highest BCUT2D eigenvalue weighted by atomic mass is 32.2. The second-order valence-electron chi connectivity index (χ2n) is 23.1. The number of anilines is 2. The Kier molecular flexibility index (Phi) is 16.3. The number of aromatic nitrogens is 3. The number of aliphatic hydroxyl groups is 1. The summed E-state index contributed by atoms with van der Waals surface area (Å²) in [5, 5.41) is 26.3. The minimum Gasteiger partial charge on any atom is -0.629 e. The summed E-state index contributed by atoms with van der Waals surface area (Å²) in [6.07, 6.45) is 9.35. The maximum atomic E-state index is 15.0. The van der Waals surface area contributed by atoms with Gasteiger partial charge in [-0.25, -0.2) is 22.5 Å². The lowest BCUT2D eigenvalue weighted by Gasteiger charge is -2.59. The second kappa shape index (κ2) is 23.0. The molecule has 1 amide bonds. The molecule has 3 atom stereocenters. The number of nitrogens with zero attached hydrogens (tertiary/aromatic N) is 5. The number of nitrogens with one attached hydrogen (secondary N) is 4. The average molecular weight is 1100 g/mol. The van der Waals surface area contributed by atoms with E-state index < -0.39 is 32.4 Å². The van der Waals surface area contributed by atoms with Crippen LogP contribution in [0.25, 0.3) is 11.0 Å². The molecule has 3 aromatic carbocycles. The number of H-pyrrole nitrogens is 1. The van der Waals surface area contributed by atoms with Gasteiger partial charge in [0.05, 0.1) is 43.5 Å². The summed E-state index contributed by atoms with van der Waals surface area (Å²) in [5.41, 5.74) is 4.52. The summed E-state index contributed by atoms with van der Waals surface area (Å²) in [4.78, 5) is 33.3. The Bertz CT molecular complexity index is 3240. The Morgan fingerprint density at radius 2 is 1.73 bits per heavy atom. The average Bonchev–Trinajstić information content (AvgIpc) is 3.98. The largest absolute Gasteiger partial charge is 0.629 e. The summed E-state index contributed by atoms with van der Waals surface area (Å²) in [7, 11) is -1.57. The number of amides is 1. The minimum atomic E-state index is -4.60. The van der Waals surface area contributed by atoms with Crippen molar-refractivity contribution < 1.29 is 42.0 Å². The molecule has 79 heavy (non-hydrogen) atoms. The molecule has 3 aromatic heterocycles. The van der Waals surface area contributed by atoms with Gasteiger partial charge in [-0.3, -0.25) is 14.6 Å². The third kappa shape index (κ3) is 12.2. The molecule has 5 N–H and O–H groups in total. The molecule has 19 heteroatoms. The number of piperazine rings is 1. The van der Waals surface area contributed by atoms with Crippen LogP contribution in [0.4, 0.5) is 21.6 Å². The highest BCUT2D eigenvalue weighted by Crippen LogP contribution is 2.54. The standard InChI is InChI=1S/C60H76FN9O8S/c1-8-77-58-54(29-49-50(61)34-64-55(49)65-58)78-53-27-42(15-18-48(53)57(71)66-79(74,75)45-28-51(67(6)73)56(63-33-45)62-32-40-19-21-59(5,72)22-20-40)68-25-23-60(24-26-68)30-43(31-60)70-35-39(4)69(36-41-13-16-44(76-7)17-14-41)37-52(70)47-12-10-9-11-46(47)38(2)3/h9-18,27-29,33-34,38-40,43,52,67,72H,8,19-26,30-32,35-37H2,1-7H3,(H,62,63)(H,64,65)(H,66,71)/t39?,40-,52?,59-. The summed E-state index contributed by atoms with van der Waals surface area (Å²) in [6.45, 7) is 15.5. The van der Waals surface area contributed by atoms with Crippen molar-refractivity contribution >= 4 is 44.2 Å². The second-order valence-corrected chi connectivity index (χ2v) is 24.8. The number of rotatable bonds is 18. The Labute approximate surface area is 463 Å². The van der Waals surface area contributed by atoms with Gasteiger partial charge in [0.1, 0.15) is 27.9 Å². The van der Waals surface area contributed by atoms with E-state index in [-0.39, 0.29) is 74.4 Å². The number of pyridine rings is 2. The number of hydrogen-bond acceptors (Lipinski definition) is 14. The Hall–Kier alpha value is -6.35. The fraction of sp³-hybridized carbons (Fsp3) is 0.483. The Balaban J connectivity index is 0.868. The minimum absolute atomic E-state index is 0.00605. The van der Waals surface area contributed by atoms with Gasteiger partial charge in [0.25, 0.3) is 21.8 Å². The summed E-state index contributed by atoms with van der Waals surface area (Å²) < 4.78 is 63.1. The van der Waals surface area contributed by atoms with Crippen LogP contribution in [0.1, 0.15) is 125 Å². The molecule has 0 bridgehead atoms. The lowest BCUT2D eigenvalue weighted by Crippen LogP contribution is -2.98. The zero-order chi connectivity index (χ0) is 55.8. The van der Waals surface area contributed by atoms with Crippen LogP contribution in [0.3, 0.4) is 0 Å². The summed E-state index contributed by atoms with van der Waals surface area (Å²) in [5.74, 6) is 0.259. The third-order valence-corrected chi connectivity index (χ3v) is 18.5. The topological polar surface area (TPSA) is 202 Å². The maximum absolute atomic E-state index is 15.0. The van der Waals surface area contributed by atoms with Crippen LogP contribution in [0.5, 0.6) is 23.1 Å². The first-order valence-electron chi connectivity index (χ1n) is 27.9. The molecule has 17 nitrogen and oxygen atoms in total. The number of fused-ring (bicyclic) bond motifs is 1. The van der Waals surface area contributed by atoms with Gasteiger partial charge >= 0.3 is 0 Å². The van der Waals surface area contributed by atoms with Gasteiger partial charge in [0.2, 0.25) is 0 Å². The summed E-state index contributed by atoms with van der Waals surface area (Å²) >= 11 is 0. The van der Waals surface area contributed by atoms with E-state index in [1.54, 1.807) is 26.2 Å². The van der Waals surface area contributed by atoms with Crippen LogP contribution in [-0.4, -0.2) is 115 Å². The zero-order valence-corrected chi connectivity index (χ0v) is 47.3. The van der Waals surface area contributed by atoms with Crippen molar-refractivity contribution in [1.29, 1.82) is 0 Å². The normalized spacial score (nSPS) is 22.4. The Morgan fingerprint density at radius 1 is 1.00 bits per heavy atom. The number of hydroxylamine groups is 1. The van der Waals surface area contributed by atoms with E-state index in [2.05, 4.69) is 96.9 Å². The van der Waals surface area contributed by atoms with Crippen molar-refractivity contribution in [2.24, 2.45) is 11.3 Å². The maximum Gasteiger partial charge on any atom is 0.268 e. The SMILES string of the molecule is CCOc1nc2[nH]cc(F)c2cc1Oc1cc(N2CCC3(CC2)CC(N2CC(C)N(Cc4ccc(OC)cc4)CC2c2ccccc2C(C)C)C3)ccc1C(=O)NS(=O)(=O)c1cnc(NC[C@H]2CC[C@](C)(O)CC2)c([NH+](C)[O-])c1. The zero-order valence-electron chi connectivity index (χ0n) is 46.5. The number of ether oxygens (including phenoxy) is 3. The van der Waals surface area contributed by atoms with Crippen molar-refractivity contribution in [2.45, 2.75) is 127 Å². The molecule has 4 aliphatic rings. The summed E-state index contributed by atoms with van der Waals surface area (Å²) in [6, 6.07) is 26.1. The molecule has 2 aliphatic carbocycles. The first kappa shape index (κ1) is 55.9. The molecule has 3 unspecified atom stereocenters.